The van der Waals surface area contributed by atoms with E-state index in [1.54, 1.807) is 24.4 Å². The van der Waals surface area contributed by atoms with Gasteiger partial charge >= 0.3 is 6.18 Å². The minimum absolute atomic E-state index is 0.125. The monoisotopic (exact) mass is 623 g/mol. The van der Waals surface area contributed by atoms with Crippen molar-refractivity contribution in [3.05, 3.63) is 54.2 Å². The van der Waals surface area contributed by atoms with Crippen LogP contribution in [0.15, 0.2) is 53.5 Å². The van der Waals surface area contributed by atoms with Gasteiger partial charge < -0.3 is 20.3 Å². The van der Waals surface area contributed by atoms with E-state index >= 15 is 0 Å². The van der Waals surface area contributed by atoms with Gasteiger partial charge in [0.05, 0.1) is 47.1 Å². The molecular weight excluding hydrogens is 591 g/mol. The van der Waals surface area contributed by atoms with E-state index in [-0.39, 0.29) is 11.7 Å². The molecule has 4 heterocycles. The number of nitrogens with zero attached hydrogens (tertiary/aromatic N) is 5. The first kappa shape index (κ1) is 30.0. The van der Waals surface area contributed by atoms with Crippen LogP contribution in [0.25, 0.3) is 21.3 Å². The van der Waals surface area contributed by atoms with Crippen LogP contribution in [0.2, 0.25) is 0 Å². The summed E-state index contributed by atoms with van der Waals surface area (Å²) < 4.78 is 49.9. The molecule has 1 amide bonds. The summed E-state index contributed by atoms with van der Waals surface area (Å²) in [6, 6.07) is 13.7. The molecule has 0 atom stereocenters. The molecule has 0 unspecified atom stereocenters. The van der Waals surface area contributed by atoms with Gasteiger partial charge in [0, 0.05) is 38.3 Å². The van der Waals surface area contributed by atoms with Crippen molar-refractivity contribution >= 4 is 61.7 Å². The molecule has 2 aliphatic heterocycles. The highest BCUT2D eigenvalue weighted by molar-refractivity contribution is 7.22. The summed E-state index contributed by atoms with van der Waals surface area (Å²) in [5.41, 5.74) is 1.61. The van der Waals surface area contributed by atoms with Crippen LogP contribution in [-0.2, 0) is 15.7 Å². The number of fused-ring (bicyclic) bond motifs is 2. The molecule has 0 spiro atoms. The second-order valence-electron chi connectivity index (χ2n) is 11.4. The number of thiazole rings is 1. The van der Waals surface area contributed by atoms with E-state index in [9.17, 15) is 18.0 Å². The van der Waals surface area contributed by atoms with Crippen molar-refractivity contribution in [1.29, 1.82) is 0 Å². The quantitative estimate of drug-likeness (QED) is 0.236. The molecule has 2 N–H and O–H groups in total. The summed E-state index contributed by atoms with van der Waals surface area (Å²) in [5, 5.41) is 6.38. The van der Waals surface area contributed by atoms with Crippen molar-refractivity contribution in [3.8, 4) is 11.1 Å². The molecule has 0 bridgehead atoms. The molecule has 2 aliphatic rings. The molecule has 44 heavy (non-hydrogen) atoms. The van der Waals surface area contributed by atoms with Crippen molar-refractivity contribution in [2.24, 2.45) is 4.99 Å². The third kappa shape index (κ3) is 6.12. The minimum Gasteiger partial charge on any atom is -0.379 e. The second kappa shape index (κ2) is 11.8. The number of aromatic nitrogens is 2. The number of para-hydroxylation sites is 2. The van der Waals surface area contributed by atoms with Crippen LogP contribution in [0.3, 0.4) is 0 Å². The van der Waals surface area contributed by atoms with Gasteiger partial charge in [-0.25, -0.2) is 9.97 Å². The van der Waals surface area contributed by atoms with Gasteiger partial charge in [-0.2, -0.15) is 13.2 Å². The molecule has 9 nitrogen and oxygen atoms in total. The molecule has 1 fully saturated rings. The van der Waals surface area contributed by atoms with E-state index in [2.05, 4.69) is 25.5 Å². The SMILES string of the molecule is CC(=O)Nc1nc2c(N(c3cc(-c4cccc5c4N=CCN5)cc(C(F)(F)F)n3)C(C)(C)CN3CCOCC3)cccc2s1. The Morgan fingerprint density at radius 3 is 2.64 bits per heavy atom. The third-order valence-corrected chi connectivity index (χ3v) is 8.46. The van der Waals surface area contributed by atoms with E-state index in [4.69, 9.17) is 9.72 Å². The van der Waals surface area contributed by atoms with E-state index in [0.717, 1.165) is 16.5 Å². The van der Waals surface area contributed by atoms with Crippen LogP contribution < -0.4 is 15.5 Å². The van der Waals surface area contributed by atoms with Crippen molar-refractivity contribution in [1.82, 2.24) is 14.9 Å². The fourth-order valence-electron chi connectivity index (χ4n) is 5.74. The minimum atomic E-state index is -4.70. The number of amides is 1. The summed E-state index contributed by atoms with van der Waals surface area (Å²) in [6.45, 7) is 9.01. The van der Waals surface area contributed by atoms with Gasteiger partial charge in [-0.1, -0.05) is 29.5 Å². The van der Waals surface area contributed by atoms with Gasteiger partial charge in [0.2, 0.25) is 5.91 Å². The first-order valence-corrected chi connectivity index (χ1v) is 15.1. The Balaban J connectivity index is 1.57. The van der Waals surface area contributed by atoms with Gasteiger partial charge in [0.25, 0.3) is 0 Å². The number of nitrogens with one attached hydrogen (secondary N) is 2. The van der Waals surface area contributed by atoms with Crippen LogP contribution in [0.4, 0.5) is 41.2 Å². The summed E-state index contributed by atoms with van der Waals surface area (Å²) >= 11 is 1.30. The number of alkyl halides is 3. The molecule has 0 radical (unpaired) electrons. The average Bonchev–Trinajstić information content (AvgIpc) is 3.39. The number of hydrogen-bond donors (Lipinski definition) is 2. The van der Waals surface area contributed by atoms with Crippen LogP contribution in [-0.4, -0.2) is 71.9 Å². The summed E-state index contributed by atoms with van der Waals surface area (Å²) in [6.07, 6.45) is -3.00. The maximum atomic E-state index is 14.5. The topological polar surface area (TPSA) is 95.0 Å². The van der Waals surface area contributed by atoms with E-state index in [1.807, 2.05) is 43.0 Å². The normalized spacial score (nSPS) is 15.6. The lowest BCUT2D eigenvalue weighted by atomic mass is 9.97. The van der Waals surface area contributed by atoms with Gasteiger partial charge in [-0.3, -0.25) is 14.7 Å². The van der Waals surface area contributed by atoms with Crippen molar-refractivity contribution in [2.75, 3.05) is 54.9 Å². The summed E-state index contributed by atoms with van der Waals surface area (Å²) in [7, 11) is 0. The standard InChI is InChI=1S/C31H32F3N7O2S/c1-19(42)37-29-39-28-23(8-5-9-24(28)44-29)41(30(2,3)18-40-12-14-43-15-13-40)26-17-20(16-25(38-26)31(32,33)34)21-6-4-7-22-27(21)36-11-10-35-22/h4-9,11,16-17,35H,10,12-15,18H2,1-3H3,(H,37,39,42). The maximum Gasteiger partial charge on any atom is 0.433 e. The second-order valence-corrected chi connectivity index (χ2v) is 12.4. The molecule has 230 valence electrons. The Morgan fingerprint density at radius 1 is 1.11 bits per heavy atom. The van der Waals surface area contributed by atoms with Crippen LogP contribution >= 0.6 is 11.3 Å². The van der Waals surface area contributed by atoms with E-state index in [0.29, 0.717) is 72.5 Å². The van der Waals surface area contributed by atoms with Crippen molar-refractivity contribution < 1.29 is 22.7 Å². The van der Waals surface area contributed by atoms with Gasteiger partial charge in [-0.15, -0.1) is 0 Å². The number of hydrogen-bond acceptors (Lipinski definition) is 9. The number of morpholine rings is 1. The maximum absolute atomic E-state index is 14.5. The number of carbonyl (C=O) groups excluding carboxylic acids is 1. The molecule has 0 saturated carbocycles. The molecule has 2 aromatic heterocycles. The predicted octanol–water partition coefficient (Wildman–Crippen LogP) is 6.71. The summed E-state index contributed by atoms with van der Waals surface area (Å²) in [5.74, 6) is -0.136. The number of pyridine rings is 1. The lowest BCUT2D eigenvalue weighted by Crippen LogP contribution is -2.52. The smallest absolute Gasteiger partial charge is 0.379 e. The zero-order chi connectivity index (χ0) is 31.1. The largest absolute Gasteiger partial charge is 0.433 e. The Bertz CT molecular complexity index is 1730. The van der Waals surface area contributed by atoms with Crippen LogP contribution in [0, 0.1) is 0 Å². The average molecular weight is 624 g/mol. The molecule has 6 rings (SSSR count). The number of ether oxygens (including phenoxy) is 1. The molecular formula is C31H32F3N7O2S. The Kier molecular flexibility index (Phi) is 8.03. The predicted molar refractivity (Wildman–Crippen MR) is 169 cm³/mol. The highest BCUT2D eigenvalue weighted by Gasteiger charge is 2.38. The molecule has 4 aromatic rings. The Morgan fingerprint density at radius 2 is 1.89 bits per heavy atom. The number of halogens is 3. The van der Waals surface area contributed by atoms with Crippen molar-refractivity contribution in [3.63, 3.8) is 0 Å². The molecule has 13 heteroatoms. The fraction of sp³-hybridized carbons (Fsp3) is 0.355. The highest BCUT2D eigenvalue weighted by atomic mass is 32.1. The Labute approximate surface area is 256 Å². The number of aliphatic imine (C=N–C) groups is 1. The zero-order valence-corrected chi connectivity index (χ0v) is 25.3. The first-order chi connectivity index (χ1) is 21.0. The van der Waals surface area contributed by atoms with E-state index < -0.39 is 17.4 Å². The van der Waals surface area contributed by atoms with Crippen LogP contribution in [0.1, 0.15) is 26.5 Å². The van der Waals surface area contributed by atoms with Crippen molar-refractivity contribution in [2.45, 2.75) is 32.5 Å². The number of rotatable bonds is 7. The highest BCUT2D eigenvalue weighted by Crippen LogP contribution is 2.45. The third-order valence-electron chi connectivity index (χ3n) is 7.52. The summed E-state index contributed by atoms with van der Waals surface area (Å²) in [4.78, 5) is 29.4. The lowest BCUT2D eigenvalue weighted by Gasteiger charge is -2.43. The molecule has 2 aromatic carbocycles. The van der Waals surface area contributed by atoms with Gasteiger partial charge in [-0.05, 0) is 49.7 Å². The van der Waals surface area contributed by atoms with E-state index in [1.165, 1.54) is 18.3 Å². The zero-order valence-electron chi connectivity index (χ0n) is 24.5. The number of anilines is 4. The Hall–Kier alpha value is -4.07. The first-order valence-electron chi connectivity index (χ1n) is 14.3. The lowest BCUT2D eigenvalue weighted by molar-refractivity contribution is -0.141. The molecule has 1 saturated heterocycles. The van der Waals surface area contributed by atoms with Gasteiger partial charge in [0.1, 0.15) is 17.0 Å². The fourth-order valence-corrected chi connectivity index (χ4v) is 6.67. The number of benzene rings is 2. The number of carbonyl (C=O) groups is 1. The molecule has 0 aliphatic carbocycles. The van der Waals surface area contributed by atoms with Gasteiger partial charge in [0.15, 0.2) is 5.13 Å². The van der Waals surface area contributed by atoms with Crippen LogP contribution in [0.5, 0.6) is 0 Å².